The zero-order chi connectivity index (χ0) is 14.9. The Morgan fingerprint density at radius 3 is 2.60 bits per heavy atom. The van der Waals surface area contributed by atoms with Gasteiger partial charge in [-0.3, -0.25) is 0 Å². The van der Waals surface area contributed by atoms with Crippen molar-refractivity contribution in [2.75, 3.05) is 14.2 Å². The number of aromatic nitrogens is 1. The summed E-state index contributed by atoms with van der Waals surface area (Å²) in [5.74, 6) is -1.66. The van der Waals surface area contributed by atoms with E-state index in [0.29, 0.717) is 0 Å². The molecule has 0 saturated carbocycles. The molecule has 1 aromatic heterocycles. The number of hydrogen-bond acceptors (Lipinski definition) is 5. The van der Waals surface area contributed by atoms with E-state index in [1.165, 1.54) is 27.2 Å². The van der Waals surface area contributed by atoms with Gasteiger partial charge in [0.2, 0.25) is 0 Å². The molecule has 0 fully saturated rings. The third-order valence-electron chi connectivity index (χ3n) is 2.78. The lowest BCUT2D eigenvalue weighted by molar-refractivity contribution is 0.0695. The highest BCUT2D eigenvalue weighted by molar-refractivity contribution is 5.95. The van der Waals surface area contributed by atoms with Crippen molar-refractivity contribution < 1.29 is 28.3 Å². The molecule has 2 rings (SSSR count). The van der Waals surface area contributed by atoms with Crippen molar-refractivity contribution >= 4 is 5.97 Å². The zero-order valence-corrected chi connectivity index (χ0v) is 11.1. The van der Waals surface area contributed by atoms with Crippen molar-refractivity contribution in [1.29, 1.82) is 0 Å². The molecule has 0 unspecified atom stereocenters. The summed E-state index contributed by atoms with van der Waals surface area (Å²) in [6, 6.07) is 2.55. The Morgan fingerprint density at radius 1 is 1.35 bits per heavy atom. The standard InChI is InChI=1S/C13H12FNO5/c1-6-10(13(16)17)11(15-20-6)7-4-8(14)12(19-3)9(5-7)18-2/h4-5H,1-3H3,(H,16,17). The highest BCUT2D eigenvalue weighted by Crippen LogP contribution is 2.36. The number of carboxylic acid groups (broad SMARTS) is 1. The van der Waals surface area contributed by atoms with Crippen LogP contribution in [0.5, 0.6) is 11.5 Å². The Bertz CT molecular complexity index is 665. The van der Waals surface area contributed by atoms with E-state index in [0.717, 1.165) is 6.07 Å². The fraction of sp³-hybridized carbons (Fsp3) is 0.231. The maximum atomic E-state index is 13.9. The van der Waals surface area contributed by atoms with E-state index < -0.39 is 11.8 Å². The van der Waals surface area contributed by atoms with Gasteiger partial charge in [-0.1, -0.05) is 5.16 Å². The first-order valence-electron chi connectivity index (χ1n) is 5.61. The van der Waals surface area contributed by atoms with Gasteiger partial charge in [0.25, 0.3) is 0 Å². The van der Waals surface area contributed by atoms with Gasteiger partial charge in [0.1, 0.15) is 17.0 Å². The summed E-state index contributed by atoms with van der Waals surface area (Å²) in [5, 5.41) is 12.8. The quantitative estimate of drug-likeness (QED) is 0.927. The molecule has 0 aliphatic carbocycles. The maximum Gasteiger partial charge on any atom is 0.341 e. The molecule has 1 aromatic carbocycles. The average Bonchev–Trinajstić information content (AvgIpc) is 2.79. The third-order valence-corrected chi connectivity index (χ3v) is 2.78. The van der Waals surface area contributed by atoms with Crippen LogP contribution in [0.15, 0.2) is 16.7 Å². The highest BCUT2D eigenvalue weighted by Gasteiger charge is 2.23. The number of aryl methyl sites for hydroxylation is 1. The fourth-order valence-corrected chi connectivity index (χ4v) is 1.88. The number of ether oxygens (including phenoxy) is 2. The molecule has 6 nitrogen and oxygen atoms in total. The first kappa shape index (κ1) is 13.9. The molecule has 0 radical (unpaired) electrons. The van der Waals surface area contributed by atoms with Crippen LogP contribution >= 0.6 is 0 Å². The number of halogens is 1. The van der Waals surface area contributed by atoms with E-state index in [4.69, 9.17) is 19.1 Å². The van der Waals surface area contributed by atoms with Crippen LogP contribution in [0.1, 0.15) is 16.1 Å². The Balaban J connectivity index is 2.65. The number of rotatable bonds is 4. The summed E-state index contributed by atoms with van der Waals surface area (Å²) in [5.41, 5.74) is 0.154. The molecule has 1 N–H and O–H groups in total. The Kier molecular flexibility index (Phi) is 3.60. The number of carbonyl (C=O) groups is 1. The number of benzene rings is 1. The predicted octanol–water partition coefficient (Wildman–Crippen LogP) is 2.50. The average molecular weight is 281 g/mol. The van der Waals surface area contributed by atoms with Gasteiger partial charge in [-0.15, -0.1) is 0 Å². The number of aromatic carboxylic acids is 1. The molecule has 0 amide bonds. The van der Waals surface area contributed by atoms with Crippen molar-refractivity contribution in [3.63, 3.8) is 0 Å². The molecular weight excluding hydrogens is 269 g/mol. The van der Waals surface area contributed by atoms with Gasteiger partial charge in [-0.2, -0.15) is 0 Å². The summed E-state index contributed by atoms with van der Waals surface area (Å²) in [6.07, 6.45) is 0. The lowest BCUT2D eigenvalue weighted by atomic mass is 10.1. The normalized spacial score (nSPS) is 10.4. The van der Waals surface area contributed by atoms with E-state index in [9.17, 15) is 9.18 Å². The van der Waals surface area contributed by atoms with Crippen molar-refractivity contribution in [3.05, 3.63) is 29.3 Å². The molecule has 106 valence electrons. The molecule has 0 spiro atoms. The summed E-state index contributed by atoms with van der Waals surface area (Å²) in [6.45, 7) is 1.47. The van der Waals surface area contributed by atoms with E-state index in [1.807, 2.05) is 0 Å². The van der Waals surface area contributed by atoms with Gasteiger partial charge in [0, 0.05) is 5.56 Å². The predicted molar refractivity (Wildman–Crippen MR) is 66.7 cm³/mol. The van der Waals surface area contributed by atoms with E-state index in [1.54, 1.807) is 0 Å². The Morgan fingerprint density at radius 2 is 2.05 bits per heavy atom. The molecule has 0 aliphatic rings. The number of nitrogens with zero attached hydrogens (tertiary/aromatic N) is 1. The Labute approximate surface area is 113 Å². The second-order valence-electron chi connectivity index (χ2n) is 3.96. The molecule has 1 heterocycles. The van der Waals surface area contributed by atoms with Gasteiger partial charge in [-0.05, 0) is 19.1 Å². The number of hydrogen-bond donors (Lipinski definition) is 1. The molecular formula is C13H12FNO5. The van der Waals surface area contributed by atoms with Gasteiger partial charge in [0.15, 0.2) is 17.3 Å². The maximum absolute atomic E-state index is 13.9. The minimum atomic E-state index is -1.20. The lowest BCUT2D eigenvalue weighted by Gasteiger charge is -2.10. The number of carboxylic acids is 1. The monoisotopic (exact) mass is 281 g/mol. The summed E-state index contributed by atoms with van der Waals surface area (Å²) >= 11 is 0. The van der Waals surface area contributed by atoms with E-state index in [-0.39, 0.29) is 34.1 Å². The summed E-state index contributed by atoms with van der Waals surface area (Å²) in [4.78, 5) is 11.2. The van der Waals surface area contributed by atoms with Gasteiger partial charge in [-0.25, -0.2) is 9.18 Å². The van der Waals surface area contributed by atoms with Crippen molar-refractivity contribution in [1.82, 2.24) is 5.16 Å². The van der Waals surface area contributed by atoms with E-state index in [2.05, 4.69) is 5.16 Å². The van der Waals surface area contributed by atoms with Crippen molar-refractivity contribution in [3.8, 4) is 22.8 Å². The molecule has 20 heavy (non-hydrogen) atoms. The van der Waals surface area contributed by atoms with E-state index >= 15 is 0 Å². The van der Waals surface area contributed by atoms with Crippen LogP contribution in [0.25, 0.3) is 11.3 Å². The molecule has 0 bridgehead atoms. The highest BCUT2D eigenvalue weighted by atomic mass is 19.1. The smallest absolute Gasteiger partial charge is 0.341 e. The third kappa shape index (κ3) is 2.18. The zero-order valence-electron chi connectivity index (χ0n) is 11.1. The minimum Gasteiger partial charge on any atom is -0.493 e. The van der Waals surface area contributed by atoms with Crippen LogP contribution in [0.4, 0.5) is 4.39 Å². The molecule has 0 aliphatic heterocycles. The molecule has 0 saturated heterocycles. The van der Waals surface area contributed by atoms with Crippen LogP contribution < -0.4 is 9.47 Å². The fourth-order valence-electron chi connectivity index (χ4n) is 1.88. The van der Waals surface area contributed by atoms with Crippen LogP contribution in [-0.2, 0) is 0 Å². The second-order valence-corrected chi connectivity index (χ2v) is 3.96. The topological polar surface area (TPSA) is 81.8 Å². The van der Waals surface area contributed by atoms with Gasteiger partial charge >= 0.3 is 5.97 Å². The van der Waals surface area contributed by atoms with Crippen LogP contribution in [0.2, 0.25) is 0 Å². The number of methoxy groups -OCH3 is 2. The van der Waals surface area contributed by atoms with Crippen molar-refractivity contribution in [2.24, 2.45) is 0 Å². The molecule has 0 atom stereocenters. The lowest BCUT2D eigenvalue weighted by Crippen LogP contribution is -2.00. The minimum absolute atomic E-state index is 0.0369. The molecule has 7 heteroatoms. The van der Waals surface area contributed by atoms with Gasteiger partial charge < -0.3 is 19.1 Å². The largest absolute Gasteiger partial charge is 0.493 e. The first-order valence-corrected chi connectivity index (χ1v) is 5.61. The first-order chi connectivity index (χ1) is 9.49. The Hall–Kier alpha value is -2.57. The summed E-state index contributed by atoms with van der Waals surface area (Å²) < 4.78 is 28.7. The van der Waals surface area contributed by atoms with Crippen molar-refractivity contribution in [2.45, 2.75) is 6.92 Å². The SMILES string of the molecule is COc1cc(-c2noc(C)c2C(=O)O)cc(F)c1OC. The van der Waals surface area contributed by atoms with Crippen LogP contribution in [0.3, 0.4) is 0 Å². The van der Waals surface area contributed by atoms with Gasteiger partial charge in [0.05, 0.1) is 14.2 Å². The molecule has 2 aromatic rings. The van der Waals surface area contributed by atoms with Crippen LogP contribution in [0, 0.1) is 12.7 Å². The summed E-state index contributed by atoms with van der Waals surface area (Å²) in [7, 11) is 2.66. The second kappa shape index (κ2) is 5.20. The van der Waals surface area contributed by atoms with Crippen LogP contribution in [-0.4, -0.2) is 30.5 Å².